The fraction of sp³-hybridized carbons (Fsp3) is 0.300. The zero-order valence-electron chi connectivity index (χ0n) is 8.29. The van der Waals surface area contributed by atoms with Gasteiger partial charge >= 0.3 is 5.97 Å². The van der Waals surface area contributed by atoms with Crippen molar-refractivity contribution >= 4 is 29.2 Å². The van der Waals surface area contributed by atoms with Crippen LogP contribution >= 0.6 is 23.2 Å². The van der Waals surface area contributed by atoms with Gasteiger partial charge in [-0.1, -0.05) is 43.1 Å². The minimum Gasteiger partial charge on any atom is -0.285 e. The maximum absolute atomic E-state index is 11.1. The summed E-state index contributed by atoms with van der Waals surface area (Å²) in [6, 6.07) is 4.82. The highest BCUT2D eigenvalue weighted by Crippen LogP contribution is 2.31. The highest BCUT2D eigenvalue weighted by Gasteiger charge is 2.12. The Morgan fingerprint density at radius 1 is 1.33 bits per heavy atom. The molecular formula is C10H10Cl2O3. The standard InChI is InChI=1S/C10H10Cl2O3/c1-6(2)10(13)15-14-8-5-3-4-7(11)9(8)12/h3-6H,1-2H3. The lowest BCUT2D eigenvalue weighted by Gasteiger charge is -2.07. The highest BCUT2D eigenvalue weighted by molar-refractivity contribution is 6.42. The number of hydrogen-bond acceptors (Lipinski definition) is 3. The van der Waals surface area contributed by atoms with Gasteiger partial charge in [0.1, 0.15) is 5.02 Å². The van der Waals surface area contributed by atoms with Crippen LogP contribution in [0, 0.1) is 5.92 Å². The molecule has 5 heteroatoms. The highest BCUT2D eigenvalue weighted by atomic mass is 35.5. The Hall–Kier alpha value is -0.930. The quantitative estimate of drug-likeness (QED) is 0.607. The molecule has 0 radical (unpaired) electrons. The van der Waals surface area contributed by atoms with Crippen molar-refractivity contribution in [2.45, 2.75) is 13.8 Å². The second kappa shape index (κ2) is 5.24. The molecule has 0 aliphatic rings. The van der Waals surface area contributed by atoms with Crippen LogP contribution in [-0.2, 0) is 9.68 Å². The first kappa shape index (κ1) is 12.1. The third-order valence-electron chi connectivity index (χ3n) is 1.60. The van der Waals surface area contributed by atoms with E-state index in [-0.39, 0.29) is 16.7 Å². The van der Waals surface area contributed by atoms with Crippen molar-refractivity contribution in [2.24, 2.45) is 5.92 Å². The summed E-state index contributed by atoms with van der Waals surface area (Å²) >= 11 is 11.5. The fourth-order valence-corrected chi connectivity index (χ4v) is 1.05. The van der Waals surface area contributed by atoms with Crippen LogP contribution in [0.25, 0.3) is 0 Å². The number of hydrogen-bond donors (Lipinski definition) is 0. The smallest absolute Gasteiger partial charge is 0.285 e. The molecule has 0 heterocycles. The largest absolute Gasteiger partial charge is 0.357 e. The van der Waals surface area contributed by atoms with Gasteiger partial charge in [-0.25, -0.2) is 4.79 Å². The molecule has 0 spiro atoms. The lowest BCUT2D eigenvalue weighted by atomic mass is 10.2. The van der Waals surface area contributed by atoms with Crippen molar-refractivity contribution in [3.05, 3.63) is 28.2 Å². The monoisotopic (exact) mass is 248 g/mol. The van der Waals surface area contributed by atoms with Gasteiger partial charge in [-0.2, -0.15) is 0 Å². The summed E-state index contributed by atoms with van der Waals surface area (Å²) in [6.45, 7) is 3.40. The van der Waals surface area contributed by atoms with Gasteiger partial charge in [0.05, 0.1) is 10.9 Å². The predicted octanol–water partition coefficient (Wildman–Crippen LogP) is 3.49. The van der Waals surface area contributed by atoms with Gasteiger partial charge in [0.2, 0.25) is 0 Å². The Balaban J connectivity index is 2.66. The molecule has 0 saturated carbocycles. The normalized spacial score (nSPS) is 10.2. The number of rotatable bonds is 3. The Morgan fingerprint density at radius 3 is 2.60 bits per heavy atom. The first-order valence-corrected chi connectivity index (χ1v) is 5.10. The van der Waals surface area contributed by atoms with Crippen LogP contribution < -0.4 is 4.89 Å². The van der Waals surface area contributed by atoms with Crippen LogP contribution in [0.2, 0.25) is 10.0 Å². The summed E-state index contributed by atoms with van der Waals surface area (Å²) in [6.07, 6.45) is 0. The molecule has 0 atom stereocenters. The third kappa shape index (κ3) is 3.29. The average Bonchev–Trinajstić information content (AvgIpc) is 2.19. The molecule has 0 aromatic heterocycles. The molecule has 0 fully saturated rings. The molecule has 82 valence electrons. The lowest BCUT2D eigenvalue weighted by molar-refractivity contribution is -0.217. The van der Waals surface area contributed by atoms with Crippen molar-refractivity contribution in [1.29, 1.82) is 0 Å². The first-order valence-electron chi connectivity index (χ1n) is 4.34. The predicted molar refractivity (Wildman–Crippen MR) is 58.0 cm³/mol. The molecule has 0 unspecified atom stereocenters. The van der Waals surface area contributed by atoms with Gasteiger partial charge in [0.15, 0.2) is 5.75 Å². The van der Waals surface area contributed by atoms with Crippen LogP contribution in [0.3, 0.4) is 0 Å². The topological polar surface area (TPSA) is 35.5 Å². The zero-order chi connectivity index (χ0) is 11.4. The van der Waals surface area contributed by atoms with Gasteiger partial charge in [0.25, 0.3) is 0 Å². The van der Waals surface area contributed by atoms with E-state index in [1.807, 2.05) is 0 Å². The minimum absolute atomic E-state index is 0.218. The molecule has 0 amide bonds. The molecule has 1 aromatic rings. The summed E-state index contributed by atoms with van der Waals surface area (Å²) in [4.78, 5) is 20.4. The van der Waals surface area contributed by atoms with Crippen molar-refractivity contribution < 1.29 is 14.6 Å². The summed E-state index contributed by atoms with van der Waals surface area (Å²) < 4.78 is 0. The Kier molecular flexibility index (Phi) is 4.24. The summed E-state index contributed by atoms with van der Waals surface area (Å²) in [5.41, 5.74) is 0. The number of carbonyl (C=O) groups is 1. The van der Waals surface area contributed by atoms with Gasteiger partial charge in [-0.05, 0) is 12.1 Å². The fourth-order valence-electron chi connectivity index (χ4n) is 0.731. The molecule has 0 aliphatic heterocycles. The van der Waals surface area contributed by atoms with Crippen molar-refractivity contribution in [3.8, 4) is 5.75 Å². The van der Waals surface area contributed by atoms with E-state index in [2.05, 4.69) is 4.89 Å². The van der Waals surface area contributed by atoms with Crippen LogP contribution in [0.1, 0.15) is 13.8 Å². The minimum atomic E-state index is -0.467. The molecule has 1 aromatic carbocycles. The van der Waals surface area contributed by atoms with Gasteiger partial charge in [-0.15, -0.1) is 0 Å². The van der Waals surface area contributed by atoms with E-state index >= 15 is 0 Å². The Morgan fingerprint density at radius 2 is 2.00 bits per heavy atom. The molecule has 0 saturated heterocycles. The molecule has 15 heavy (non-hydrogen) atoms. The van der Waals surface area contributed by atoms with E-state index in [4.69, 9.17) is 28.1 Å². The number of benzene rings is 1. The van der Waals surface area contributed by atoms with Crippen LogP contribution in [-0.4, -0.2) is 5.97 Å². The number of carbonyl (C=O) groups excluding carboxylic acids is 1. The van der Waals surface area contributed by atoms with Crippen molar-refractivity contribution in [3.63, 3.8) is 0 Å². The average molecular weight is 249 g/mol. The number of halogens is 2. The maximum atomic E-state index is 11.1. The lowest BCUT2D eigenvalue weighted by Crippen LogP contribution is -2.14. The van der Waals surface area contributed by atoms with E-state index < -0.39 is 5.97 Å². The summed E-state index contributed by atoms with van der Waals surface area (Å²) in [5, 5.41) is 0.561. The van der Waals surface area contributed by atoms with E-state index in [0.717, 1.165) is 0 Å². The van der Waals surface area contributed by atoms with E-state index in [9.17, 15) is 4.79 Å². The molecule has 0 aliphatic carbocycles. The Bertz CT molecular complexity index is 364. The molecule has 0 N–H and O–H groups in total. The second-order valence-corrected chi connectivity index (χ2v) is 3.98. The molecular weight excluding hydrogens is 239 g/mol. The van der Waals surface area contributed by atoms with Crippen LogP contribution in [0.5, 0.6) is 5.75 Å². The second-order valence-electron chi connectivity index (χ2n) is 3.19. The zero-order valence-corrected chi connectivity index (χ0v) is 9.80. The van der Waals surface area contributed by atoms with Crippen LogP contribution in [0.4, 0.5) is 0 Å². The van der Waals surface area contributed by atoms with Gasteiger partial charge in [0, 0.05) is 0 Å². The maximum Gasteiger partial charge on any atom is 0.357 e. The van der Waals surface area contributed by atoms with Crippen molar-refractivity contribution in [2.75, 3.05) is 0 Å². The summed E-state index contributed by atoms with van der Waals surface area (Å²) in [7, 11) is 0. The summed E-state index contributed by atoms with van der Waals surface area (Å²) in [5.74, 6) is -0.507. The van der Waals surface area contributed by atoms with Gasteiger partial charge in [-0.3, -0.25) is 9.78 Å². The molecule has 3 nitrogen and oxygen atoms in total. The van der Waals surface area contributed by atoms with Gasteiger partial charge < -0.3 is 0 Å². The van der Waals surface area contributed by atoms with Crippen LogP contribution in [0.15, 0.2) is 18.2 Å². The molecule has 1 rings (SSSR count). The molecule has 0 bridgehead atoms. The SMILES string of the molecule is CC(C)C(=O)OOc1cccc(Cl)c1Cl. The van der Waals surface area contributed by atoms with E-state index in [1.165, 1.54) is 0 Å². The Labute approximate surface area is 97.8 Å². The third-order valence-corrected chi connectivity index (χ3v) is 2.40. The first-order chi connectivity index (χ1) is 7.02. The van der Waals surface area contributed by atoms with Crippen molar-refractivity contribution in [1.82, 2.24) is 0 Å². The van der Waals surface area contributed by atoms with E-state index in [1.54, 1.807) is 32.0 Å². The van der Waals surface area contributed by atoms with E-state index in [0.29, 0.717) is 5.02 Å².